The smallest absolute Gasteiger partial charge is 0.304 e. The van der Waals surface area contributed by atoms with Gasteiger partial charge in [-0.05, 0) is 58.2 Å². The van der Waals surface area contributed by atoms with Crippen molar-refractivity contribution in [2.24, 2.45) is 5.92 Å². The van der Waals surface area contributed by atoms with Crippen LogP contribution in [0.15, 0.2) is 59.8 Å². The molecular formula is C33H43N5O6. The lowest BCUT2D eigenvalue weighted by Crippen LogP contribution is -2.55. The summed E-state index contributed by atoms with van der Waals surface area (Å²) in [7, 11) is 0. The first-order valence-corrected chi connectivity index (χ1v) is 15.1. The maximum Gasteiger partial charge on any atom is 0.304 e. The van der Waals surface area contributed by atoms with Gasteiger partial charge in [0.15, 0.2) is 11.8 Å². The largest absolute Gasteiger partial charge is 0.441 e. The Balaban J connectivity index is 1.59. The lowest BCUT2D eigenvalue weighted by Gasteiger charge is -2.39. The number of anilines is 2. The Hall–Kier alpha value is -4.09. The van der Waals surface area contributed by atoms with E-state index in [1.165, 1.54) is 17.4 Å². The number of allylic oxidation sites excluding steroid dienone is 4. The SMILES string of the molecule is CC(=O)OC1CC(=O)N1c1ccc2c(c1)[C@@](O)([C@H](C)/C=C/CCn1cc(CCO)nn1)C(=O)N2C/C=C(\C)CCC=C(C)C. The predicted molar refractivity (Wildman–Crippen MR) is 167 cm³/mol. The van der Waals surface area contributed by atoms with Gasteiger partial charge in [-0.3, -0.25) is 24.0 Å². The van der Waals surface area contributed by atoms with Gasteiger partial charge >= 0.3 is 5.97 Å². The molecule has 0 saturated carbocycles. The number of aromatic nitrogens is 3. The summed E-state index contributed by atoms with van der Waals surface area (Å²) < 4.78 is 6.98. The van der Waals surface area contributed by atoms with E-state index in [0.29, 0.717) is 48.6 Å². The number of esters is 1. The Bertz CT molecular complexity index is 1470. The van der Waals surface area contributed by atoms with E-state index in [2.05, 4.69) is 30.2 Å². The van der Waals surface area contributed by atoms with Crippen LogP contribution in [0.2, 0.25) is 0 Å². The van der Waals surface area contributed by atoms with Crippen LogP contribution in [0.5, 0.6) is 0 Å². The number of ether oxygens (including phenoxy) is 1. The number of carbonyl (C=O) groups is 3. The average Bonchev–Trinajstić information content (AvgIpc) is 3.49. The Kier molecular flexibility index (Phi) is 10.5. The lowest BCUT2D eigenvalue weighted by atomic mass is 9.82. The maximum atomic E-state index is 14.0. The summed E-state index contributed by atoms with van der Waals surface area (Å²) in [4.78, 5) is 41.1. The first-order valence-electron chi connectivity index (χ1n) is 15.1. The molecule has 0 radical (unpaired) electrons. The number of fused-ring (bicyclic) bond motifs is 1. The second kappa shape index (κ2) is 14.1. The zero-order valence-corrected chi connectivity index (χ0v) is 26.2. The van der Waals surface area contributed by atoms with Crippen LogP contribution in [0.1, 0.15) is 71.6 Å². The fraction of sp³-hybridized carbons (Fsp3) is 0.485. The lowest BCUT2D eigenvalue weighted by molar-refractivity contribution is -0.153. The Morgan fingerprint density at radius 2 is 1.95 bits per heavy atom. The van der Waals surface area contributed by atoms with Gasteiger partial charge in [-0.15, -0.1) is 5.10 Å². The monoisotopic (exact) mass is 605 g/mol. The van der Waals surface area contributed by atoms with E-state index in [0.717, 1.165) is 18.4 Å². The molecule has 1 aromatic heterocycles. The van der Waals surface area contributed by atoms with Crippen LogP contribution < -0.4 is 9.80 Å². The minimum absolute atomic E-state index is 0.00448. The molecule has 1 fully saturated rings. The van der Waals surface area contributed by atoms with Crippen LogP contribution in [0.3, 0.4) is 0 Å². The van der Waals surface area contributed by atoms with E-state index >= 15 is 0 Å². The first kappa shape index (κ1) is 32.8. The van der Waals surface area contributed by atoms with Crippen molar-refractivity contribution in [1.82, 2.24) is 15.0 Å². The third-order valence-corrected chi connectivity index (χ3v) is 8.02. The summed E-state index contributed by atoms with van der Waals surface area (Å²) in [6, 6.07) is 5.12. The van der Waals surface area contributed by atoms with Crippen LogP contribution in [0.4, 0.5) is 11.4 Å². The molecule has 1 saturated heterocycles. The van der Waals surface area contributed by atoms with E-state index < -0.39 is 29.6 Å². The summed E-state index contributed by atoms with van der Waals surface area (Å²) >= 11 is 0. The number of benzene rings is 1. The second-order valence-corrected chi connectivity index (χ2v) is 11.7. The van der Waals surface area contributed by atoms with Gasteiger partial charge in [-0.2, -0.15) is 0 Å². The van der Waals surface area contributed by atoms with Crippen molar-refractivity contribution in [3.8, 4) is 0 Å². The van der Waals surface area contributed by atoms with Gasteiger partial charge in [0, 0.05) is 56.4 Å². The summed E-state index contributed by atoms with van der Waals surface area (Å²) in [5.74, 6) is -1.74. The van der Waals surface area contributed by atoms with Crippen LogP contribution >= 0.6 is 0 Å². The normalized spacial score (nSPS) is 20.6. The van der Waals surface area contributed by atoms with E-state index in [4.69, 9.17) is 9.84 Å². The van der Waals surface area contributed by atoms with Crippen LogP contribution in [0, 0.1) is 5.92 Å². The number of aliphatic hydroxyl groups excluding tert-OH is 1. The highest BCUT2D eigenvalue weighted by Crippen LogP contribution is 2.47. The number of β-lactam (4-membered cyclic amide) rings is 1. The number of nitrogens with zero attached hydrogens (tertiary/aromatic N) is 5. The van der Waals surface area contributed by atoms with Gasteiger partial charge in [0.2, 0.25) is 5.91 Å². The molecule has 3 heterocycles. The molecule has 2 amide bonds. The van der Waals surface area contributed by atoms with Crippen molar-refractivity contribution < 1.29 is 29.3 Å². The summed E-state index contributed by atoms with van der Waals surface area (Å²) in [5.41, 5.74) is 2.66. The fourth-order valence-corrected chi connectivity index (χ4v) is 5.51. The topological polar surface area (TPSA) is 138 Å². The highest BCUT2D eigenvalue weighted by molar-refractivity contribution is 6.08. The second-order valence-electron chi connectivity index (χ2n) is 11.7. The number of rotatable bonds is 14. The van der Waals surface area contributed by atoms with Gasteiger partial charge in [0.1, 0.15) is 0 Å². The molecule has 2 aliphatic heterocycles. The quantitative estimate of drug-likeness (QED) is 0.188. The van der Waals surface area contributed by atoms with Gasteiger partial charge in [0.05, 0.1) is 17.8 Å². The Morgan fingerprint density at radius 1 is 1.18 bits per heavy atom. The van der Waals surface area contributed by atoms with Gasteiger partial charge in [-0.25, -0.2) is 0 Å². The molecule has 4 rings (SSSR count). The average molecular weight is 606 g/mol. The first-order chi connectivity index (χ1) is 20.9. The van der Waals surface area contributed by atoms with Crippen molar-refractivity contribution in [3.05, 3.63) is 71.1 Å². The molecule has 2 aromatic rings. The predicted octanol–water partition coefficient (Wildman–Crippen LogP) is 3.95. The van der Waals surface area contributed by atoms with E-state index in [1.807, 2.05) is 25.2 Å². The molecular weight excluding hydrogens is 562 g/mol. The number of hydrogen-bond acceptors (Lipinski definition) is 8. The standard InChI is InChI=1S/C33H43N5O6/c1-22(2)9-8-10-23(3)14-17-37-29-13-12-27(38-30(41)20-31(38)44-25(5)40)19-28(29)33(43,32(37)42)24(4)11-6-7-16-36-21-26(15-18-39)34-35-36/h6,9,11-14,19,21,24,31,39,43H,7-8,10,15-18,20H2,1-5H3/b11-6+,23-14+/t24-,31?,33+/m1/s1. The highest BCUT2D eigenvalue weighted by Gasteiger charge is 2.53. The van der Waals surface area contributed by atoms with E-state index in [9.17, 15) is 19.5 Å². The molecule has 1 unspecified atom stereocenters. The summed E-state index contributed by atoms with van der Waals surface area (Å²) in [6.45, 7) is 10.1. The number of aliphatic hydroxyl groups is 2. The molecule has 11 heteroatoms. The van der Waals surface area contributed by atoms with Crippen molar-refractivity contribution >= 4 is 29.2 Å². The van der Waals surface area contributed by atoms with Gasteiger partial charge in [0.25, 0.3) is 5.91 Å². The third-order valence-electron chi connectivity index (χ3n) is 8.02. The Labute approximate surface area is 258 Å². The molecule has 236 valence electrons. The van der Waals surface area contributed by atoms with Crippen LogP contribution in [0.25, 0.3) is 0 Å². The van der Waals surface area contributed by atoms with E-state index in [1.54, 1.807) is 40.9 Å². The number of amides is 2. The molecule has 3 atom stereocenters. The zero-order valence-electron chi connectivity index (χ0n) is 26.2. The van der Waals surface area contributed by atoms with Crippen molar-refractivity contribution in [3.63, 3.8) is 0 Å². The number of carbonyl (C=O) groups excluding carboxylic acids is 3. The molecule has 44 heavy (non-hydrogen) atoms. The van der Waals surface area contributed by atoms with Crippen LogP contribution in [-0.2, 0) is 37.7 Å². The molecule has 0 aliphatic carbocycles. The number of aryl methyl sites for hydroxylation is 1. The highest BCUT2D eigenvalue weighted by atomic mass is 16.6. The fourth-order valence-electron chi connectivity index (χ4n) is 5.51. The van der Waals surface area contributed by atoms with Gasteiger partial charge < -0.3 is 19.8 Å². The Morgan fingerprint density at radius 3 is 2.64 bits per heavy atom. The van der Waals surface area contributed by atoms with E-state index in [-0.39, 0.29) is 18.9 Å². The third kappa shape index (κ3) is 7.16. The van der Waals surface area contributed by atoms with Crippen LogP contribution in [-0.4, -0.2) is 62.4 Å². The maximum absolute atomic E-state index is 14.0. The minimum atomic E-state index is -1.88. The number of hydrogen-bond donors (Lipinski definition) is 2. The van der Waals surface area contributed by atoms with Gasteiger partial charge in [-0.1, -0.05) is 47.6 Å². The molecule has 1 aromatic carbocycles. The van der Waals surface area contributed by atoms with Crippen molar-refractivity contribution in [2.45, 2.75) is 85.1 Å². The van der Waals surface area contributed by atoms with Crippen molar-refractivity contribution in [2.75, 3.05) is 23.0 Å². The minimum Gasteiger partial charge on any atom is -0.441 e. The molecule has 2 N–H and O–H groups in total. The summed E-state index contributed by atoms with van der Waals surface area (Å²) in [6.07, 6.45) is 11.9. The molecule has 0 bridgehead atoms. The molecule has 11 nitrogen and oxygen atoms in total. The summed E-state index contributed by atoms with van der Waals surface area (Å²) in [5, 5.41) is 29.3. The molecule has 2 aliphatic rings. The van der Waals surface area contributed by atoms with Crippen molar-refractivity contribution in [1.29, 1.82) is 0 Å². The zero-order chi connectivity index (χ0) is 32.0. The molecule has 0 spiro atoms.